The third kappa shape index (κ3) is 2.11. The predicted octanol–water partition coefficient (Wildman–Crippen LogP) is 1.16. The summed E-state index contributed by atoms with van der Waals surface area (Å²) in [5, 5.41) is 11.1. The van der Waals surface area contributed by atoms with Crippen molar-refractivity contribution >= 4 is 14.1 Å². The van der Waals surface area contributed by atoms with Crippen LogP contribution in [0.5, 0.6) is 0 Å². The summed E-state index contributed by atoms with van der Waals surface area (Å²) in [5.74, 6) is 0. The zero-order valence-electron chi connectivity index (χ0n) is 6.07. The van der Waals surface area contributed by atoms with Crippen LogP contribution in [-0.4, -0.2) is 19.3 Å². The summed E-state index contributed by atoms with van der Waals surface area (Å²) in [6, 6.07) is 7.50. The fourth-order valence-corrected chi connectivity index (χ4v) is 0.806. The summed E-state index contributed by atoms with van der Waals surface area (Å²) in [6.07, 6.45) is 1.91. The van der Waals surface area contributed by atoms with E-state index in [2.05, 4.69) is 5.16 Å². The standard InChI is InChI=1S/C8H8BNO/c9-5-7-1-3-8(4-2-7)6-10-11/h1-4,6,11H,5H2/b10-6-. The molecule has 0 saturated heterocycles. The van der Waals surface area contributed by atoms with E-state index in [9.17, 15) is 0 Å². The number of oxime groups is 1. The first-order chi connectivity index (χ1) is 5.36. The lowest BCUT2D eigenvalue weighted by Gasteiger charge is -1.95. The van der Waals surface area contributed by atoms with Crippen molar-refractivity contribution in [3.8, 4) is 0 Å². The third-order valence-corrected chi connectivity index (χ3v) is 1.42. The van der Waals surface area contributed by atoms with Crippen LogP contribution in [0, 0.1) is 0 Å². The van der Waals surface area contributed by atoms with Gasteiger partial charge in [-0.05, 0) is 5.56 Å². The van der Waals surface area contributed by atoms with Crippen LogP contribution in [0.25, 0.3) is 0 Å². The van der Waals surface area contributed by atoms with Crippen molar-refractivity contribution in [3.63, 3.8) is 0 Å². The maximum absolute atomic E-state index is 8.19. The van der Waals surface area contributed by atoms with Gasteiger partial charge in [0.25, 0.3) is 0 Å². The maximum Gasteiger partial charge on any atom is 0.0733 e. The second kappa shape index (κ2) is 3.81. The zero-order chi connectivity index (χ0) is 8.10. The molecule has 0 amide bonds. The number of benzene rings is 1. The summed E-state index contributed by atoms with van der Waals surface area (Å²) in [6.45, 7) is 0. The van der Waals surface area contributed by atoms with Crippen molar-refractivity contribution in [1.29, 1.82) is 0 Å². The monoisotopic (exact) mass is 145 g/mol. The average Bonchev–Trinajstić information content (AvgIpc) is 2.07. The molecular weight excluding hydrogens is 137 g/mol. The number of nitrogens with zero attached hydrogens (tertiary/aromatic N) is 1. The second-order valence-corrected chi connectivity index (χ2v) is 2.19. The lowest BCUT2D eigenvalue weighted by atomic mass is 9.96. The van der Waals surface area contributed by atoms with Gasteiger partial charge in [-0.1, -0.05) is 41.3 Å². The van der Waals surface area contributed by atoms with Crippen LogP contribution in [0.4, 0.5) is 0 Å². The summed E-state index contributed by atoms with van der Waals surface area (Å²) < 4.78 is 0. The van der Waals surface area contributed by atoms with E-state index in [1.807, 2.05) is 24.3 Å². The minimum atomic E-state index is 0.538. The van der Waals surface area contributed by atoms with Gasteiger partial charge in [0.1, 0.15) is 0 Å². The molecule has 0 saturated carbocycles. The molecule has 0 aliphatic heterocycles. The van der Waals surface area contributed by atoms with Gasteiger partial charge in [0.05, 0.1) is 14.1 Å². The van der Waals surface area contributed by atoms with Crippen LogP contribution in [-0.2, 0) is 6.32 Å². The van der Waals surface area contributed by atoms with Crippen molar-refractivity contribution in [1.82, 2.24) is 0 Å². The Morgan fingerprint density at radius 1 is 1.36 bits per heavy atom. The number of hydrogen-bond donors (Lipinski definition) is 1. The summed E-state index contributed by atoms with van der Waals surface area (Å²) in [5.41, 5.74) is 1.93. The molecule has 1 N–H and O–H groups in total. The smallest absolute Gasteiger partial charge is 0.0733 e. The fourth-order valence-electron chi connectivity index (χ4n) is 0.806. The topological polar surface area (TPSA) is 32.6 Å². The highest BCUT2D eigenvalue weighted by atomic mass is 16.4. The molecule has 54 valence electrons. The van der Waals surface area contributed by atoms with Crippen LogP contribution in [0.15, 0.2) is 29.4 Å². The Bertz CT molecular complexity index is 243. The summed E-state index contributed by atoms with van der Waals surface area (Å²) in [4.78, 5) is 0. The molecule has 0 atom stereocenters. The molecule has 11 heavy (non-hydrogen) atoms. The van der Waals surface area contributed by atoms with Crippen LogP contribution in [0.3, 0.4) is 0 Å². The third-order valence-electron chi connectivity index (χ3n) is 1.42. The van der Waals surface area contributed by atoms with E-state index in [0.717, 1.165) is 11.1 Å². The Hall–Kier alpha value is -1.25. The first-order valence-electron chi connectivity index (χ1n) is 3.33. The number of rotatable bonds is 2. The molecule has 3 heteroatoms. The highest BCUT2D eigenvalue weighted by Crippen LogP contribution is 2.01. The average molecular weight is 145 g/mol. The molecular formula is C8H8BNO. The molecule has 0 aliphatic carbocycles. The predicted molar refractivity (Wildman–Crippen MR) is 45.3 cm³/mol. The Balaban J connectivity index is 2.82. The van der Waals surface area contributed by atoms with Crippen molar-refractivity contribution < 1.29 is 5.21 Å². The van der Waals surface area contributed by atoms with Gasteiger partial charge in [0.15, 0.2) is 0 Å². The Kier molecular flexibility index (Phi) is 2.72. The van der Waals surface area contributed by atoms with E-state index in [-0.39, 0.29) is 0 Å². The maximum atomic E-state index is 8.19. The molecule has 0 bridgehead atoms. The highest BCUT2D eigenvalue weighted by Gasteiger charge is 1.88. The van der Waals surface area contributed by atoms with Crippen LogP contribution in [0.2, 0.25) is 0 Å². The van der Waals surface area contributed by atoms with Gasteiger partial charge >= 0.3 is 0 Å². The SMILES string of the molecule is [B]Cc1ccc(/C=N\O)cc1. The Labute approximate surface area is 67.0 Å². The minimum absolute atomic E-state index is 0.538. The zero-order valence-corrected chi connectivity index (χ0v) is 6.07. The molecule has 0 aromatic heterocycles. The van der Waals surface area contributed by atoms with Crippen molar-refractivity contribution in [2.45, 2.75) is 6.32 Å². The van der Waals surface area contributed by atoms with E-state index in [1.54, 1.807) is 0 Å². The molecule has 1 aromatic carbocycles. The largest absolute Gasteiger partial charge is 0.411 e. The molecule has 0 heterocycles. The molecule has 0 aliphatic rings. The van der Waals surface area contributed by atoms with Crippen LogP contribution < -0.4 is 0 Å². The molecule has 1 aromatic rings. The Morgan fingerprint density at radius 3 is 2.45 bits per heavy atom. The molecule has 0 fully saturated rings. The molecule has 0 spiro atoms. The van der Waals surface area contributed by atoms with Gasteiger partial charge in [-0.2, -0.15) is 0 Å². The summed E-state index contributed by atoms with van der Waals surface area (Å²) in [7, 11) is 5.39. The van der Waals surface area contributed by atoms with Gasteiger partial charge in [-0.25, -0.2) is 0 Å². The van der Waals surface area contributed by atoms with Crippen molar-refractivity contribution in [2.24, 2.45) is 5.16 Å². The van der Waals surface area contributed by atoms with E-state index >= 15 is 0 Å². The van der Waals surface area contributed by atoms with Crippen LogP contribution in [0.1, 0.15) is 11.1 Å². The normalized spacial score (nSPS) is 10.5. The number of hydrogen-bond acceptors (Lipinski definition) is 2. The van der Waals surface area contributed by atoms with Gasteiger partial charge < -0.3 is 5.21 Å². The lowest BCUT2D eigenvalue weighted by Crippen LogP contribution is -1.85. The minimum Gasteiger partial charge on any atom is -0.411 e. The molecule has 2 nitrogen and oxygen atoms in total. The fraction of sp³-hybridized carbons (Fsp3) is 0.125. The molecule has 1 rings (SSSR count). The van der Waals surface area contributed by atoms with Crippen LogP contribution >= 0.6 is 0 Å². The van der Waals surface area contributed by atoms with E-state index in [4.69, 9.17) is 13.1 Å². The quantitative estimate of drug-likeness (QED) is 0.288. The van der Waals surface area contributed by atoms with Gasteiger partial charge in [-0.3, -0.25) is 0 Å². The van der Waals surface area contributed by atoms with Gasteiger partial charge in [0.2, 0.25) is 0 Å². The highest BCUT2D eigenvalue weighted by molar-refractivity contribution is 6.08. The first-order valence-corrected chi connectivity index (χ1v) is 3.33. The van der Waals surface area contributed by atoms with Gasteiger partial charge in [-0.15, -0.1) is 0 Å². The van der Waals surface area contributed by atoms with Crippen molar-refractivity contribution in [2.75, 3.05) is 0 Å². The molecule has 2 radical (unpaired) electrons. The van der Waals surface area contributed by atoms with Crippen molar-refractivity contribution in [3.05, 3.63) is 35.4 Å². The van der Waals surface area contributed by atoms with E-state index in [1.165, 1.54) is 6.21 Å². The van der Waals surface area contributed by atoms with Gasteiger partial charge in [0, 0.05) is 0 Å². The van der Waals surface area contributed by atoms with E-state index in [0.29, 0.717) is 6.32 Å². The summed E-state index contributed by atoms with van der Waals surface area (Å²) >= 11 is 0. The molecule has 0 unspecified atom stereocenters. The van der Waals surface area contributed by atoms with E-state index < -0.39 is 0 Å². The lowest BCUT2D eigenvalue weighted by molar-refractivity contribution is 0.322. The first kappa shape index (κ1) is 7.86. The second-order valence-electron chi connectivity index (χ2n) is 2.19. The Morgan fingerprint density at radius 2 is 2.00 bits per heavy atom.